The third-order valence-electron chi connectivity index (χ3n) is 3.48. The molecule has 0 aliphatic heterocycles. The summed E-state index contributed by atoms with van der Waals surface area (Å²) in [7, 11) is -5.06. The molecule has 0 fully saturated rings. The molecule has 0 aromatic carbocycles. The molecule has 2 unspecified atom stereocenters. The zero-order chi connectivity index (χ0) is 18.6. The molecule has 0 rings (SSSR count). The standard InChI is InChI=1S/C12H19F6NO3S/c1-3-4-5-6-8(10(19)20)23(21,22)7(2)9(11(13,14)15)12(16,17)18/h7-9H,3-6H2,1-2H3,(H2,19,20). The summed E-state index contributed by atoms with van der Waals surface area (Å²) in [4.78, 5) is 11.2. The first-order valence-electron chi connectivity index (χ1n) is 6.82. The highest BCUT2D eigenvalue weighted by Crippen LogP contribution is 2.44. The maximum atomic E-state index is 12.7. The Morgan fingerprint density at radius 2 is 1.48 bits per heavy atom. The Kier molecular flexibility index (Phi) is 7.38. The van der Waals surface area contributed by atoms with Gasteiger partial charge in [0.05, 0.1) is 5.25 Å². The van der Waals surface area contributed by atoms with E-state index in [0.717, 1.165) is 0 Å². The van der Waals surface area contributed by atoms with Crippen molar-refractivity contribution in [1.29, 1.82) is 0 Å². The third kappa shape index (κ3) is 5.85. The van der Waals surface area contributed by atoms with Gasteiger partial charge in [0.2, 0.25) is 5.91 Å². The summed E-state index contributed by atoms with van der Waals surface area (Å²) in [6, 6.07) is 0. The van der Waals surface area contributed by atoms with Crippen LogP contribution in [0, 0.1) is 5.92 Å². The van der Waals surface area contributed by atoms with Gasteiger partial charge in [-0.1, -0.05) is 26.2 Å². The molecule has 11 heteroatoms. The van der Waals surface area contributed by atoms with Crippen molar-refractivity contribution in [3.05, 3.63) is 0 Å². The average molecular weight is 371 g/mol. The third-order valence-corrected chi connectivity index (χ3v) is 6.05. The summed E-state index contributed by atoms with van der Waals surface area (Å²) in [6.45, 7) is 2.05. The number of nitrogens with two attached hydrogens (primary N) is 1. The number of alkyl halides is 6. The van der Waals surface area contributed by atoms with Crippen LogP contribution in [0.1, 0.15) is 39.5 Å². The minimum Gasteiger partial charge on any atom is -0.369 e. The minimum atomic E-state index is -5.81. The molecule has 0 aliphatic rings. The molecule has 0 heterocycles. The summed E-state index contributed by atoms with van der Waals surface area (Å²) < 4.78 is 100. The molecule has 0 spiro atoms. The van der Waals surface area contributed by atoms with Gasteiger partial charge in [-0.15, -0.1) is 0 Å². The maximum absolute atomic E-state index is 12.7. The van der Waals surface area contributed by atoms with Crippen molar-refractivity contribution in [2.24, 2.45) is 11.7 Å². The molecule has 1 amide bonds. The number of primary amides is 1. The highest BCUT2D eigenvalue weighted by Gasteiger charge is 2.62. The van der Waals surface area contributed by atoms with E-state index in [-0.39, 0.29) is 6.42 Å². The van der Waals surface area contributed by atoms with Crippen LogP contribution in [0.3, 0.4) is 0 Å². The summed E-state index contributed by atoms with van der Waals surface area (Å²) in [5, 5.41) is -4.93. The molecule has 0 aromatic rings. The molecule has 0 bridgehead atoms. The van der Waals surface area contributed by atoms with E-state index in [9.17, 15) is 39.6 Å². The summed E-state index contributed by atoms with van der Waals surface area (Å²) >= 11 is 0. The lowest BCUT2D eigenvalue weighted by Crippen LogP contribution is -2.51. The predicted octanol–water partition coefficient (Wildman–Crippen LogP) is 2.96. The average Bonchev–Trinajstić information content (AvgIpc) is 2.29. The van der Waals surface area contributed by atoms with E-state index >= 15 is 0 Å². The Bertz CT molecular complexity index is 486. The lowest BCUT2D eigenvalue weighted by molar-refractivity contribution is -0.283. The van der Waals surface area contributed by atoms with Gasteiger partial charge < -0.3 is 5.73 Å². The molecule has 0 aromatic heterocycles. The van der Waals surface area contributed by atoms with E-state index < -0.39 is 50.9 Å². The molecule has 2 N–H and O–H groups in total. The quantitative estimate of drug-likeness (QED) is 0.526. The minimum absolute atomic E-state index is 0.152. The zero-order valence-electron chi connectivity index (χ0n) is 12.5. The molecule has 0 saturated carbocycles. The summed E-state index contributed by atoms with van der Waals surface area (Å²) in [6.07, 6.45) is -10.8. The smallest absolute Gasteiger partial charge is 0.369 e. The lowest BCUT2D eigenvalue weighted by Gasteiger charge is -2.30. The normalized spacial score (nSPS) is 16.4. The van der Waals surface area contributed by atoms with Crippen LogP contribution in [-0.2, 0) is 14.6 Å². The molecule has 23 heavy (non-hydrogen) atoms. The fraction of sp³-hybridized carbons (Fsp3) is 0.917. The Balaban J connectivity index is 5.69. The van der Waals surface area contributed by atoms with Gasteiger partial charge in [0, 0.05) is 0 Å². The van der Waals surface area contributed by atoms with Crippen molar-refractivity contribution in [3.63, 3.8) is 0 Å². The lowest BCUT2D eigenvalue weighted by atomic mass is 10.1. The number of sulfone groups is 1. The fourth-order valence-electron chi connectivity index (χ4n) is 2.21. The van der Waals surface area contributed by atoms with E-state index in [0.29, 0.717) is 19.8 Å². The van der Waals surface area contributed by atoms with Crippen molar-refractivity contribution in [3.8, 4) is 0 Å². The molecule has 0 radical (unpaired) electrons. The summed E-state index contributed by atoms with van der Waals surface area (Å²) in [5.74, 6) is -5.52. The van der Waals surface area contributed by atoms with E-state index in [1.165, 1.54) is 0 Å². The number of rotatable bonds is 8. The van der Waals surface area contributed by atoms with E-state index in [1.807, 2.05) is 0 Å². The predicted molar refractivity (Wildman–Crippen MR) is 71.1 cm³/mol. The van der Waals surface area contributed by atoms with Gasteiger partial charge in [0.15, 0.2) is 15.8 Å². The van der Waals surface area contributed by atoms with Gasteiger partial charge in [-0.2, -0.15) is 26.3 Å². The topological polar surface area (TPSA) is 77.2 Å². The van der Waals surface area contributed by atoms with Crippen molar-refractivity contribution in [1.82, 2.24) is 0 Å². The highest BCUT2D eigenvalue weighted by atomic mass is 32.2. The zero-order valence-corrected chi connectivity index (χ0v) is 13.4. The van der Waals surface area contributed by atoms with E-state index in [4.69, 9.17) is 5.73 Å². The van der Waals surface area contributed by atoms with Gasteiger partial charge in [0.1, 0.15) is 5.25 Å². The number of unbranched alkanes of at least 4 members (excludes halogenated alkanes) is 2. The van der Waals surface area contributed by atoms with Crippen molar-refractivity contribution in [2.45, 2.75) is 62.4 Å². The molecule has 138 valence electrons. The van der Waals surface area contributed by atoms with Gasteiger partial charge in [-0.25, -0.2) is 8.42 Å². The highest BCUT2D eigenvalue weighted by molar-refractivity contribution is 7.93. The Hall–Kier alpha value is -1.00. The van der Waals surface area contributed by atoms with Crippen LogP contribution < -0.4 is 5.73 Å². The van der Waals surface area contributed by atoms with Crippen LogP contribution in [0.4, 0.5) is 26.3 Å². The van der Waals surface area contributed by atoms with Crippen LogP contribution in [0.15, 0.2) is 0 Å². The van der Waals surface area contributed by atoms with Crippen molar-refractivity contribution >= 4 is 15.7 Å². The van der Waals surface area contributed by atoms with E-state index in [1.54, 1.807) is 6.92 Å². The second-order valence-electron chi connectivity index (χ2n) is 5.24. The Morgan fingerprint density at radius 1 is 1.04 bits per heavy atom. The number of carbonyl (C=O) groups is 1. The second-order valence-corrected chi connectivity index (χ2v) is 7.73. The van der Waals surface area contributed by atoms with E-state index in [2.05, 4.69) is 0 Å². The van der Waals surface area contributed by atoms with Crippen molar-refractivity contribution < 1.29 is 39.6 Å². The molecule has 0 saturated heterocycles. The van der Waals surface area contributed by atoms with Gasteiger partial charge in [-0.3, -0.25) is 4.79 Å². The van der Waals surface area contributed by atoms with Crippen LogP contribution in [-0.4, -0.2) is 37.2 Å². The summed E-state index contributed by atoms with van der Waals surface area (Å²) in [5.41, 5.74) is 4.88. The Labute approximate surface area is 130 Å². The van der Waals surface area contributed by atoms with Gasteiger partial charge in [0.25, 0.3) is 0 Å². The largest absolute Gasteiger partial charge is 0.401 e. The van der Waals surface area contributed by atoms with Crippen LogP contribution in [0.25, 0.3) is 0 Å². The molecular formula is C12H19F6NO3S. The second kappa shape index (κ2) is 7.71. The molecule has 0 aliphatic carbocycles. The SMILES string of the molecule is CCCCCC(C(N)=O)S(=O)(=O)C(C)C(C(F)(F)F)C(F)(F)F. The Morgan fingerprint density at radius 3 is 1.78 bits per heavy atom. The first-order valence-corrected chi connectivity index (χ1v) is 8.43. The van der Waals surface area contributed by atoms with Crippen LogP contribution in [0.2, 0.25) is 0 Å². The number of hydrogen-bond acceptors (Lipinski definition) is 3. The monoisotopic (exact) mass is 371 g/mol. The first-order chi connectivity index (χ1) is 10.2. The van der Waals surface area contributed by atoms with Gasteiger partial charge >= 0.3 is 12.4 Å². The van der Waals surface area contributed by atoms with Gasteiger partial charge in [-0.05, 0) is 13.3 Å². The first kappa shape index (κ1) is 22.0. The van der Waals surface area contributed by atoms with Crippen molar-refractivity contribution in [2.75, 3.05) is 0 Å². The fourth-order valence-corrected chi connectivity index (χ4v) is 4.24. The van der Waals surface area contributed by atoms with Crippen LogP contribution in [0.5, 0.6) is 0 Å². The molecule has 4 nitrogen and oxygen atoms in total. The molecule has 2 atom stereocenters. The number of carbonyl (C=O) groups excluding carboxylic acids is 1. The van der Waals surface area contributed by atoms with Crippen LogP contribution >= 0.6 is 0 Å². The maximum Gasteiger partial charge on any atom is 0.401 e. The molecular weight excluding hydrogens is 352 g/mol. The number of halogens is 6. The number of hydrogen-bond donors (Lipinski definition) is 1. The number of amides is 1.